The van der Waals surface area contributed by atoms with Crippen molar-refractivity contribution in [3.8, 4) is 0 Å². The number of aryl methyl sites for hydroxylation is 1. The summed E-state index contributed by atoms with van der Waals surface area (Å²) in [6, 6.07) is 9.38. The van der Waals surface area contributed by atoms with Crippen LogP contribution in [0.25, 0.3) is 11.0 Å². The fourth-order valence-corrected chi connectivity index (χ4v) is 4.05. The van der Waals surface area contributed by atoms with E-state index in [-0.39, 0.29) is 23.5 Å². The lowest BCUT2D eigenvalue weighted by Crippen LogP contribution is -2.43. The highest BCUT2D eigenvalue weighted by Gasteiger charge is 2.30. The van der Waals surface area contributed by atoms with Crippen LogP contribution >= 0.6 is 15.9 Å². The molecule has 0 radical (unpaired) electrons. The summed E-state index contributed by atoms with van der Waals surface area (Å²) in [5.41, 5.74) is 2.80. The molecule has 1 N–H and O–H groups in total. The first-order valence-electron chi connectivity index (χ1n) is 10.3. The minimum absolute atomic E-state index is 0.220. The Morgan fingerprint density at radius 1 is 1.32 bits per heavy atom. The molecule has 162 valence electrons. The van der Waals surface area contributed by atoms with E-state index in [4.69, 9.17) is 9.15 Å². The molecule has 1 atom stereocenters. The Labute approximate surface area is 188 Å². The van der Waals surface area contributed by atoms with Crippen LogP contribution in [-0.2, 0) is 9.53 Å². The number of furan rings is 1. The molecule has 1 aliphatic rings. The van der Waals surface area contributed by atoms with Gasteiger partial charge in [0.2, 0.25) is 0 Å². The van der Waals surface area contributed by atoms with E-state index in [0.29, 0.717) is 31.1 Å². The van der Waals surface area contributed by atoms with Crippen molar-refractivity contribution in [3.05, 3.63) is 52.3 Å². The quantitative estimate of drug-likeness (QED) is 0.508. The molecular formula is C23H24BrN3O4. The number of anilines is 2. The number of likely N-dealkylation sites (tertiary alicyclic amines) is 1. The topological polar surface area (TPSA) is 84.7 Å². The van der Waals surface area contributed by atoms with Gasteiger partial charge in [-0.1, -0.05) is 15.9 Å². The number of carbonyl (C=O) groups is 2. The van der Waals surface area contributed by atoms with Gasteiger partial charge in [-0.15, -0.1) is 0 Å². The van der Waals surface area contributed by atoms with Crippen molar-refractivity contribution in [3.63, 3.8) is 0 Å². The first-order valence-corrected chi connectivity index (χ1v) is 11.1. The summed E-state index contributed by atoms with van der Waals surface area (Å²) in [5.74, 6) is -0.214. The molecular weight excluding hydrogens is 462 g/mol. The second-order valence-electron chi connectivity index (χ2n) is 7.62. The van der Waals surface area contributed by atoms with Crippen molar-refractivity contribution in [2.24, 2.45) is 5.92 Å². The fourth-order valence-electron chi connectivity index (χ4n) is 3.81. The minimum atomic E-state index is -0.298. The van der Waals surface area contributed by atoms with E-state index < -0.39 is 0 Å². The van der Waals surface area contributed by atoms with Crippen LogP contribution in [0.15, 0.2) is 45.5 Å². The molecule has 1 amide bonds. The van der Waals surface area contributed by atoms with Gasteiger partial charge in [-0.05, 0) is 56.5 Å². The summed E-state index contributed by atoms with van der Waals surface area (Å²) in [7, 11) is 0. The number of amides is 1. The van der Waals surface area contributed by atoms with Crippen molar-refractivity contribution in [2.75, 3.05) is 25.0 Å². The monoisotopic (exact) mass is 485 g/mol. The van der Waals surface area contributed by atoms with Gasteiger partial charge < -0.3 is 19.4 Å². The number of hydrogen-bond acceptors (Lipinski definition) is 6. The first-order chi connectivity index (χ1) is 15.0. The predicted octanol–water partition coefficient (Wildman–Crippen LogP) is 5.06. The molecule has 1 aliphatic heterocycles. The van der Waals surface area contributed by atoms with Gasteiger partial charge in [-0.25, -0.2) is 4.98 Å². The van der Waals surface area contributed by atoms with Gasteiger partial charge in [0.15, 0.2) is 0 Å². The highest BCUT2D eigenvalue weighted by Crippen LogP contribution is 2.29. The highest BCUT2D eigenvalue weighted by molar-refractivity contribution is 9.10. The second-order valence-corrected chi connectivity index (χ2v) is 8.47. The Bertz CT molecular complexity index is 1130. The Morgan fingerprint density at radius 2 is 2.16 bits per heavy atom. The third-order valence-electron chi connectivity index (χ3n) is 5.42. The molecule has 3 aromatic rings. The van der Waals surface area contributed by atoms with Crippen molar-refractivity contribution in [2.45, 2.75) is 26.7 Å². The van der Waals surface area contributed by atoms with Crippen LogP contribution < -0.4 is 5.32 Å². The smallest absolute Gasteiger partial charge is 0.310 e. The fraction of sp³-hybridized carbons (Fsp3) is 0.348. The third kappa shape index (κ3) is 4.58. The van der Waals surface area contributed by atoms with Crippen LogP contribution in [0.4, 0.5) is 11.5 Å². The molecule has 1 aromatic carbocycles. The van der Waals surface area contributed by atoms with Crippen LogP contribution in [-0.4, -0.2) is 41.5 Å². The number of ether oxygens (including phenoxy) is 1. The standard InChI is InChI=1S/C23H24BrN3O4/c1-3-30-23(29)15-5-4-9-27(13-15)22(28)19-12-20-17(8-10-31-20)21(26-19)25-16-6-7-18(24)14(2)11-16/h6-8,10-12,15H,3-5,9,13H2,1-2H3,(H,25,26)/t15-/m0/s1. The predicted molar refractivity (Wildman–Crippen MR) is 121 cm³/mol. The Hall–Kier alpha value is -2.87. The van der Waals surface area contributed by atoms with Crippen LogP contribution in [0.5, 0.6) is 0 Å². The van der Waals surface area contributed by atoms with E-state index in [0.717, 1.165) is 34.0 Å². The van der Waals surface area contributed by atoms with Crippen LogP contribution in [0.2, 0.25) is 0 Å². The minimum Gasteiger partial charge on any atom is -0.466 e. The average molecular weight is 486 g/mol. The number of esters is 1. The van der Waals surface area contributed by atoms with Crippen molar-refractivity contribution < 1.29 is 18.7 Å². The van der Waals surface area contributed by atoms with E-state index >= 15 is 0 Å². The highest BCUT2D eigenvalue weighted by atomic mass is 79.9. The molecule has 0 bridgehead atoms. The van der Waals surface area contributed by atoms with E-state index in [1.54, 1.807) is 24.2 Å². The molecule has 31 heavy (non-hydrogen) atoms. The number of fused-ring (bicyclic) bond motifs is 1. The molecule has 1 fully saturated rings. The molecule has 3 heterocycles. The van der Waals surface area contributed by atoms with Crippen LogP contribution in [0.3, 0.4) is 0 Å². The summed E-state index contributed by atoms with van der Waals surface area (Å²) in [6.07, 6.45) is 3.06. The number of aromatic nitrogens is 1. The van der Waals surface area contributed by atoms with Gasteiger partial charge in [0.05, 0.1) is 24.2 Å². The van der Waals surface area contributed by atoms with E-state index in [1.165, 1.54) is 0 Å². The molecule has 4 rings (SSSR count). The van der Waals surface area contributed by atoms with E-state index in [1.807, 2.05) is 31.2 Å². The van der Waals surface area contributed by atoms with Gasteiger partial charge in [-0.3, -0.25) is 9.59 Å². The van der Waals surface area contributed by atoms with E-state index in [9.17, 15) is 9.59 Å². The summed E-state index contributed by atoms with van der Waals surface area (Å²) < 4.78 is 11.7. The number of halogens is 1. The number of nitrogens with one attached hydrogen (secondary N) is 1. The molecule has 0 saturated carbocycles. The zero-order valence-corrected chi connectivity index (χ0v) is 19.1. The Balaban J connectivity index is 1.61. The summed E-state index contributed by atoms with van der Waals surface area (Å²) in [5, 5.41) is 4.10. The largest absolute Gasteiger partial charge is 0.466 e. The maximum atomic E-state index is 13.2. The summed E-state index contributed by atoms with van der Waals surface area (Å²) >= 11 is 3.51. The SMILES string of the molecule is CCOC(=O)[C@H]1CCCN(C(=O)c2cc3occc3c(Nc3ccc(Br)c(C)c3)n2)C1. The molecule has 1 saturated heterocycles. The molecule has 0 spiro atoms. The lowest BCUT2D eigenvalue weighted by atomic mass is 9.98. The summed E-state index contributed by atoms with van der Waals surface area (Å²) in [6.45, 7) is 5.05. The number of pyridine rings is 1. The van der Waals surface area contributed by atoms with Gasteiger partial charge >= 0.3 is 5.97 Å². The average Bonchev–Trinajstić information content (AvgIpc) is 3.25. The van der Waals surface area contributed by atoms with Gasteiger partial charge in [0, 0.05) is 29.3 Å². The Kier molecular flexibility index (Phi) is 6.27. The van der Waals surface area contributed by atoms with Gasteiger partial charge in [0.1, 0.15) is 17.1 Å². The number of hydrogen-bond donors (Lipinski definition) is 1. The number of nitrogens with zero attached hydrogens (tertiary/aromatic N) is 2. The zero-order chi connectivity index (χ0) is 22.0. The Morgan fingerprint density at radius 3 is 2.94 bits per heavy atom. The number of rotatable bonds is 5. The number of carbonyl (C=O) groups excluding carboxylic acids is 2. The number of piperidine rings is 1. The zero-order valence-electron chi connectivity index (χ0n) is 17.5. The van der Waals surface area contributed by atoms with Crippen LogP contribution in [0.1, 0.15) is 35.8 Å². The third-order valence-corrected chi connectivity index (χ3v) is 6.31. The van der Waals surface area contributed by atoms with Gasteiger partial charge in [-0.2, -0.15) is 0 Å². The molecule has 0 aliphatic carbocycles. The van der Waals surface area contributed by atoms with Crippen molar-refractivity contribution in [1.82, 2.24) is 9.88 Å². The second kappa shape index (κ2) is 9.09. The van der Waals surface area contributed by atoms with Gasteiger partial charge in [0.25, 0.3) is 5.91 Å². The molecule has 0 unspecified atom stereocenters. The summed E-state index contributed by atoms with van der Waals surface area (Å²) in [4.78, 5) is 31.7. The molecule has 7 nitrogen and oxygen atoms in total. The molecule has 8 heteroatoms. The number of benzene rings is 1. The normalized spacial score (nSPS) is 16.4. The maximum Gasteiger partial charge on any atom is 0.310 e. The van der Waals surface area contributed by atoms with E-state index in [2.05, 4.69) is 26.2 Å². The lowest BCUT2D eigenvalue weighted by molar-refractivity contribution is -0.149. The maximum absolute atomic E-state index is 13.2. The van der Waals surface area contributed by atoms with Crippen molar-refractivity contribution in [1.29, 1.82) is 0 Å². The lowest BCUT2D eigenvalue weighted by Gasteiger charge is -2.31. The van der Waals surface area contributed by atoms with Crippen molar-refractivity contribution >= 4 is 50.3 Å². The first kappa shape index (κ1) is 21.4. The van der Waals surface area contributed by atoms with Crippen LogP contribution in [0, 0.1) is 12.8 Å². The molecule has 2 aromatic heterocycles.